The van der Waals surface area contributed by atoms with Crippen LogP contribution in [-0.4, -0.2) is 43.8 Å². The minimum absolute atomic E-state index is 0.0764. The van der Waals surface area contributed by atoms with Crippen LogP contribution in [-0.2, 0) is 30.8 Å². The molecule has 1 heterocycles. The summed E-state index contributed by atoms with van der Waals surface area (Å²) in [6, 6.07) is 13.2. The molecule has 1 fully saturated rings. The third-order valence-electron chi connectivity index (χ3n) is 7.25. The second kappa shape index (κ2) is 10.5. The van der Waals surface area contributed by atoms with Gasteiger partial charge in [0.1, 0.15) is 0 Å². The predicted molar refractivity (Wildman–Crippen MR) is 133 cm³/mol. The van der Waals surface area contributed by atoms with Gasteiger partial charge in [0.15, 0.2) is 6.10 Å². The van der Waals surface area contributed by atoms with E-state index in [9.17, 15) is 18.0 Å². The van der Waals surface area contributed by atoms with Crippen LogP contribution < -0.4 is 5.32 Å². The van der Waals surface area contributed by atoms with Crippen molar-refractivity contribution >= 4 is 21.9 Å². The first-order valence-corrected chi connectivity index (χ1v) is 13.8. The third kappa shape index (κ3) is 5.59. The van der Waals surface area contributed by atoms with E-state index < -0.39 is 28.0 Å². The second-order valence-corrected chi connectivity index (χ2v) is 11.6. The molecule has 1 saturated heterocycles. The zero-order valence-electron chi connectivity index (χ0n) is 20.6. The van der Waals surface area contributed by atoms with E-state index in [4.69, 9.17) is 4.74 Å². The topological polar surface area (TPSA) is 92.8 Å². The Hall–Kier alpha value is -2.71. The number of nitrogens with one attached hydrogen (secondary N) is 1. The number of aryl methyl sites for hydroxylation is 3. The number of piperidine rings is 1. The van der Waals surface area contributed by atoms with Crippen LogP contribution in [0.15, 0.2) is 47.4 Å². The molecule has 2 aromatic rings. The lowest BCUT2D eigenvalue weighted by molar-refractivity contribution is -0.160. The number of rotatable bonds is 6. The molecule has 0 bridgehead atoms. The van der Waals surface area contributed by atoms with Gasteiger partial charge < -0.3 is 10.1 Å². The SMILES string of the molecule is Cc1ccc(S(=O)(=O)N2CCC(C(=O)O[C@H](C)C(=O)N[C@@H]3CCCc4ccccc43)CC2)cc1C. The molecule has 0 radical (unpaired) electrons. The zero-order valence-corrected chi connectivity index (χ0v) is 21.4. The Morgan fingerprint density at radius 1 is 1.03 bits per heavy atom. The van der Waals surface area contributed by atoms with Gasteiger partial charge in [0.25, 0.3) is 5.91 Å². The zero-order chi connectivity index (χ0) is 25.2. The highest BCUT2D eigenvalue weighted by Crippen LogP contribution is 2.30. The van der Waals surface area contributed by atoms with Crippen molar-refractivity contribution in [3.8, 4) is 0 Å². The molecular formula is C27H34N2O5S. The lowest BCUT2D eigenvalue weighted by Crippen LogP contribution is -2.43. The number of amides is 1. The molecule has 1 N–H and O–H groups in total. The Kier molecular flexibility index (Phi) is 7.62. The summed E-state index contributed by atoms with van der Waals surface area (Å²) in [4.78, 5) is 25.8. The van der Waals surface area contributed by atoms with Gasteiger partial charge >= 0.3 is 5.97 Å². The van der Waals surface area contributed by atoms with E-state index in [0.717, 1.165) is 36.0 Å². The van der Waals surface area contributed by atoms with E-state index in [0.29, 0.717) is 12.8 Å². The number of sulfonamides is 1. The molecule has 2 atom stereocenters. The highest BCUT2D eigenvalue weighted by molar-refractivity contribution is 7.89. The van der Waals surface area contributed by atoms with Crippen LogP contribution in [0.1, 0.15) is 60.9 Å². The molecule has 4 rings (SSSR count). The quantitative estimate of drug-likeness (QED) is 0.611. The number of ether oxygens (including phenoxy) is 1. The van der Waals surface area contributed by atoms with Gasteiger partial charge in [-0.25, -0.2) is 8.42 Å². The maximum atomic E-state index is 13.0. The Morgan fingerprint density at radius 3 is 2.46 bits per heavy atom. The number of carbonyl (C=O) groups is 2. The molecule has 8 heteroatoms. The Morgan fingerprint density at radius 2 is 1.74 bits per heavy atom. The van der Waals surface area contributed by atoms with Crippen LogP contribution in [0.2, 0.25) is 0 Å². The van der Waals surface area contributed by atoms with Crippen molar-refractivity contribution < 1.29 is 22.7 Å². The van der Waals surface area contributed by atoms with Crippen LogP contribution in [0.3, 0.4) is 0 Å². The van der Waals surface area contributed by atoms with Crippen LogP contribution in [0.25, 0.3) is 0 Å². The molecule has 2 aromatic carbocycles. The molecule has 188 valence electrons. The van der Waals surface area contributed by atoms with Gasteiger partial charge in [0, 0.05) is 13.1 Å². The molecule has 2 aliphatic rings. The first-order chi connectivity index (χ1) is 16.7. The Bertz CT molecular complexity index is 1200. The summed E-state index contributed by atoms with van der Waals surface area (Å²) in [5.41, 5.74) is 4.34. The molecule has 0 unspecified atom stereocenters. The molecule has 7 nitrogen and oxygen atoms in total. The van der Waals surface area contributed by atoms with Gasteiger partial charge in [-0.15, -0.1) is 0 Å². The van der Waals surface area contributed by atoms with Crippen molar-refractivity contribution in [1.29, 1.82) is 0 Å². The molecule has 0 spiro atoms. The predicted octanol–water partition coefficient (Wildman–Crippen LogP) is 3.83. The van der Waals surface area contributed by atoms with Crippen molar-refractivity contribution in [3.05, 3.63) is 64.7 Å². The van der Waals surface area contributed by atoms with E-state index in [2.05, 4.69) is 11.4 Å². The monoisotopic (exact) mass is 498 g/mol. The lowest BCUT2D eigenvalue weighted by atomic mass is 9.87. The standard InChI is InChI=1S/C27H34N2O5S/c1-18-11-12-23(17-19(18)2)35(32,33)29-15-13-22(14-16-29)27(31)34-20(3)26(30)28-25-10-6-8-21-7-4-5-9-24(21)25/h4-5,7,9,11-12,17,20,22,25H,6,8,10,13-16H2,1-3H3,(H,28,30)/t20-,25-/m1/s1. The average Bonchev–Trinajstić information content (AvgIpc) is 2.85. The summed E-state index contributed by atoms with van der Waals surface area (Å²) in [7, 11) is -3.61. The van der Waals surface area contributed by atoms with E-state index in [1.165, 1.54) is 9.87 Å². The van der Waals surface area contributed by atoms with E-state index in [1.807, 2.05) is 38.1 Å². The van der Waals surface area contributed by atoms with Crippen molar-refractivity contribution in [3.63, 3.8) is 0 Å². The largest absolute Gasteiger partial charge is 0.452 e. The van der Waals surface area contributed by atoms with E-state index in [1.54, 1.807) is 19.1 Å². The van der Waals surface area contributed by atoms with Crippen molar-refractivity contribution in [1.82, 2.24) is 9.62 Å². The summed E-state index contributed by atoms with van der Waals surface area (Å²) < 4.78 is 33.0. The first kappa shape index (κ1) is 25.4. The number of hydrogen-bond acceptors (Lipinski definition) is 5. The van der Waals surface area contributed by atoms with E-state index >= 15 is 0 Å². The maximum absolute atomic E-state index is 13.0. The van der Waals surface area contributed by atoms with Gasteiger partial charge in [-0.1, -0.05) is 30.3 Å². The number of fused-ring (bicyclic) bond motifs is 1. The smallest absolute Gasteiger partial charge is 0.309 e. The summed E-state index contributed by atoms with van der Waals surface area (Å²) in [5.74, 6) is -1.18. The van der Waals surface area contributed by atoms with Crippen LogP contribution in [0.5, 0.6) is 0 Å². The fourth-order valence-corrected chi connectivity index (χ4v) is 6.43. The van der Waals surface area contributed by atoms with Gasteiger partial charge in [-0.3, -0.25) is 9.59 Å². The van der Waals surface area contributed by atoms with Crippen LogP contribution in [0.4, 0.5) is 0 Å². The summed E-state index contributed by atoms with van der Waals surface area (Å²) in [6.45, 7) is 5.91. The second-order valence-electron chi connectivity index (χ2n) is 9.66. The van der Waals surface area contributed by atoms with Gasteiger partial charge in [0.05, 0.1) is 16.9 Å². The third-order valence-corrected chi connectivity index (χ3v) is 9.15. The summed E-state index contributed by atoms with van der Waals surface area (Å²) >= 11 is 0. The van der Waals surface area contributed by atoms with Crippen LogP contribution in [0, 0.1) is 19.8 Å². The summed E-state index contributed by atoms with van der Waals surface area (Å²) in [6.07, 6.45) is 2.69. The minimum atomic E-state index is -3.61. The molecule has 1 aliphatic heterocycles. The Balaban J connectivity index is 1.30. The van der Waals surface area contributed by atoms with Crippen molar-refractivity contribution in [2.75, 3.05) is 13.1 Å². The van der Waals surface area contributed by atoms with Gasteiger partial charge in [-0.05, 0) is 87.3 Å². The molecule has 0 saturated carbocycles. The van der Waals surface area contributed by atoms with E-state index in [-0.39, 0.29) is 29.9 Å². The first-order valence-electron chi connectivity index (χ1n) is 12.3. The molecule has 0 aromatic heterocycles. The summed E-state index contributed by atoms with van der Waals surface area (Å²) in [5, 5.41) is 3.03. The average molecular weight is 499 g/mol. The van der Waals surface area contributed by atoms with Gasteiger partial charge in [-0.2, -0.15) is 4.31 Å². The highest BCUT2D eigenvalue weighted by Gasteiger charge is 2.34. The number of nitrogens with zero attached hydrogens (tertiary/aromatic N) is 1. The molecule has 1 amide bonds. The van der Waals surface area contributed by atoms with Crippen LogP contribution >= 0.6 is 0 Å². The molecule has 1 aliphatic carbocycles. The fraction of sp³-hybridized carbons (Fsp3) is 0.481. The number of esters is 1. The number of hydrogen-bond donors (Lipinski definition) is 1. The highest BCUT2D eigenvalue weighted by atomic mass is 32.2. The number of carbonyl (C=O) groups excluding carboxylic acids is 2. The fourth-order valence-electron chi connectivity index (χ4n) is 4.87. The van der Waals surface area contributed by atoms with Gasteiger partial charge in [0.2, 0.25) is 10.0 Å². The Labute approximate surface area is 207 Å². The van der Waals surface area contributed by atoms with Crippen molar-refractivity contribution in [2.45, 2.75) is 69.9 Å². The maximum Gasteiger partial charge on any atom is 0.309 e. The van der Waals surface area contributed by atoms with Crippen molar-refractivity contribution in [2.24, 2.45) is 5.92 Å². The number of benzene rings is 2. The lowest BCUT2D eigenvalue weighted by Gasteiger charge is -2.31. The minimum Gasteiger partial charge on any atom is -0.452 e. The normalized spacial score (nSPS) is 20.0. The molecule has 35 heavy (non-hydrogen) atoms. The molecular weight excluding hydrogens is 464 g/mol.